The second-order valence-electron chi connectivity index (χ2n) is 12.5. The lowest BCUT2D eigenvalue weighted by atomic mass is 9.80. The van der Waals surface area contributed by atoms with E-state index in [2.05, 4.69) is 127 Å². The first-order valence-corrected chi connectivity index (χ1v) is 14.5. The first-order chi connectivity index (χ1) is 19.1. The smallest absolute Gasteiger partial charge is 0.114 e. The number of nitrogens with zero attached hydrogens (tertiary/aromatic N) is 1. The Labute approximate surface area is 229 Å². The van der Waals surface area contributed by atoms with E-state index in [9.17, 15) is 0 Å². The predicted octanol–water partition coefficient (Wildman–Crippen LogP) is 9.48. The monoisotopic (exact) mass is 504 g/mol. The van der Waals surface area contributed by atoms with Crippen LogP contribution in [0.5, 0.6) is 0 Å². The molecule has 0 radical (unpaired) electrons. The molecule has 4 aliphatic rings. The number of anilines is 1. The molecule has 39 heavy (non-hydrogen) atoms. The lowest BCUT2D eigenvalue weighted by Crippen LogP contribution is -2.34. The van der Waals surface area contributed by atoms with E-state index in [4.69, 9.17) is 0 Å². The first kappa shape index (κ1) is 21.8. The number of nitrogens with one attached hydrogen (secondary N) is 1. The van der Waals surface area contributed by atoms with Crippen LogP contribution in [0.4, 0.5) is 5.69 Å². The van der Waals surface area contributed by atoms with Crippen LogP contribution in [0.2, 0.25) is 0 Å². The maximum absolute atomic E-state index is 4.14. The average molecular weight is 505 g/mol. The molecule has 3 atom stereocenters. The van der Waals surface area contributed by atoms with Crippen molar-refractivity contribution in [2.24, 2.45) is 5.41 Å². The number of allylic oxidation sites excluding steroid dienone is 3. The lowest BCUT2D eigenvalue weighted by Gasteiger charge is -2.39. The largest absolute Gasteiger partial charge is 0.364 e. The highest BCUT2D eigenvalue weighted by Crippen LogP contribution is 2.73. The minimum absolute atomic E-state index is 0.0539. The molecule has 3 aliphatic carbocycles. The Kier molecular flexibility index (Phi) is 4.10. The van der Waals surface area contributed by atoms with Gasteiger partial charge >= 0.3 is 0 Å². The molecule has 2 heteroatoms. The van der Waals surface area contributed by atoms with E-state index in [1.54, 1.807) is 0 Å². The maximum atomic E-state index is 4.14. The Balaban J connectivity index is 1.40. The summed E-state index contributed by atoms with van der Waals surface area (Å²) in [6.45, 7) is 4.84. The van der Waals surface area contributed by atoms with Crippen molar-refractivity contribution in [2.45, 2.75) is 50.6 Å². The number of rotatable bonds is 2. The summed E-state index contributed by atoms with van der Waals surface area (Å²) in [5, 5.41) is 6.86. The SMILES string of the molecule is CC1(C)c2ccccc2-c2ccc3c4ccccc4n(C4Nc5ccccc5C5CC54C4=CCCC=C4)c3c21. The van der Waals surface area contributed by atoms with Gasteiger partial charge in [0.15, 0.2) is 0 Å². The number of fused-ring (bicyclic) bond motifs is 10. The van der Waals surface area contributed by atoms with Gasteiger partial charge in [0.05, 0.1) is 11.0 Å². The van der Waals surface area contributed by atoms with Crippen LogP contribution in [0.25, 0.3) is 32.9 Å². The summed E-state index contributed by atoms with van der Waals surface area (Å²) in [4.78, 5) is 0. The van der Waals surface area contributed by atoms with Crippen molar-refractivity contribution in [3.63, 3.8) is 0 Å². The molecule has 1 aliphatic heterocycles. The molecule has 1 N–H and O–H groups in total. The quantitative estimate of drug-likeness (QED) is 0.253. The van der Waals surface area contributed by atoms with E-state index in [-0.39, 0.29) is 17.0 Å². The molecule has 5 aromatic rings. The Morgan fingerprint density at radius 2 is 1.62 bits per heavy atom. The molecule has 0 spiro atoms. The van der Waals surface area contributed by atoms with Gasteiger partial charge in [-0.3, -0.25) is 0 Å². The highest BCUT2D eigenvalue weighted by Gasteiger charge is 2.65. The molecule has 0 amide bonds. The highest BCUT2D eigenvalue weighted by atomic mass is 15.2. The van der Waals surface area contributed by atoms with Gasteiger partial charge in [-0.15, -0.1) is 0 Å². The number of aromatic nitrogens is 1. The van der Waals surface area contributed by atoms with Crippen molar-refractivity contribution in [1.29, 1.82) is 0 Å². The topological polar surface area (TPSA) is 17.0 Å². The fourth-order valence-corrected chi connectivity index (χ4v) is 8.52. The van der Waals surface area contributed by atoms with Crippen molar-refractivity contribution in [3.8, 4) is 11.1 Å². The molecule has 0 bridgehead atoms. The van der Waals surface area contributed by atoms with Gasteiger partial charge in [-0.05, 0) is 64.8 Å². The van der Waals surface area contributed by atoms with Gasteiger partial charge in [-0.1, -0.05) is 105 Å². The number of benzene rings is 4. The summed E-state index contributed by atoms with van der Waals surface area (Å²) >= 11 is 0. The van der Waals surface area contributed by atoms with Crippen LogP contribution in [-0.2, 0) is 5.41 Å². The van der Waals surface area contributed by atoms with Crippen molar-refractivity contribution in [3.05, 3.63) is 125 Å². The molecular weight excluding hydrogens is 472 g/mol. The van der Waals surface area contributed by atoms with E-state index in [1.807, 2.05) is 0 Å². The summed E-state index contributed by atoms with van der Waals surface area (Å²) in [7, 11) is 0. The summed E-state index contributed by atoms with van der Waals surface area (Å²) in [6.07, 6.45) is 11.0. The summed E-state index contributed by atoms with van der Waals surface area (Å²) in [5.74, 6) is 0.534. The van der Waals surface area contributed by atoms with Crippen molar-refractivity contribution < 1.29 is 0 Å². The highest BCUT2D eigenvalue weighted by molar-refractivity contribution is 6.12. The van der Waals surface area contributed by atoms with Gasteiger partial charge in [0.1, 0.15) is 6.17 Å². The van der Waals surface area contributed by atoms with Gasteiger partial charge in [-0.2, -0.15) is 0 Å². The van der Waals surface area contributed by atoms with E-state index >= 15 is 0 Å². The van der Waals surface area contributed by atoms with Crippen LogP contribution in [-0.4, -0.2) is 4.57 Å². The summed E-state index contributed by atoms with van der Waals surface area (Å²) in [6, 6.07) is 31.9. The molecule has 9 rings (SSSR count). The Morgan fingerprint density at radius 3 is 2.51 bits per heavy atom. The van der Waals surface area contributed by atoms with E-state index in [0.717, 1.165) is 12.8 Å². The number of hydrogen-bond donors (Lipinski definition) is 1. The molecule has 2 nitrogen and oxygen atoms in total. The fraction of sp³-hybridized carbons (Fsp3) is 0.243. The third-order valence-corrected chi connectivity index (χ3v) is 10.3. The second kappa shape index (κ2) is 7.33. The number of hydrogen-bond acceptors (Lipinski definition) is 1. The van der Waals surface area contributed by atoms with E-state index in [0.29, 0.717) is 5.92 Å². The molecule has 0 saturated heterocycles. The second-order valence-corrected chi connectivity index (χ2v) is 12.5. The minimum atomic E-state index is -0.0791. The van der Waals surface area contributed by atoms with Crippen molar-refractivity contribution >= 4 is 27.5 Å². The van der Waals surface area contributed by atoms with Crippen LogP contribution in [0.15, 0.2) is 109 Å². The molecular formula is C37H32N2. The first-order valence-electron chi connectivity index (χ1n) is 14.5. The molecule has 3 unspecified atom stereocenters. The van der Waals surface area contributed by atoms with Crippen molar-refractivity contribution in [1.82, 2.24) is 4.57 Å². The Bertz CT molecular complexity index is 1920. The third kappa shape index (κ3) is 2.62. The van der Waals surface area contributed by atoms with Crippen LogP contribution >= 0.6 is 0 Å². The molecule has 1 saturated carbocycles. The zero-order chi connectivity index (χ0) is 25.9. The third-order valence-electron chi connectivity index (χ3n) is 10.3. The zero-order valence-electron chi connectivity index (χ0n) is 22.5. The van der Waals surface area contributed by atoms with Crippen LogP contribution in [0.3, 0.4) is 0 Å². The summed E-state index contributed by atoms with van der Waals surface area (Å²) in [5.41, 5.74) is 12.7. The molecule has 4 aromatic carbocycles. The molecule has 1 fully saturated rings. The lowest BCUT2D eigenvalue weighted by molar-refractivity contribution is 0.390. The Morgan fingerprint density at radius 1 is 0.795 bits per heavy atom. The van der Waals surface area contributed by atoms with Crippen molar-refractivity contribution in [2.75, 3.05) is 5.32 Å². The molecule has 2 heterocycles. The standard InChI is InChI=1S/C37H32N2/c1-36(2)29-17-9-6-14-24(29)26-20-21-27-25-15-8-11-19-32(25)39(34(27)33(26)36)35-37(23-12-4-3-5-13-23)22-30(37)28-16-7-10-18-31(28)38-35/h4,6-21,30,35,38H,3,5,22H2,1-2H3. The van der Waals surface area contributed by atoms with Crippen LogP contribution < -0.4 is 5.32 Å². The molecule has 1 aromatic heterocycles. The van der Waals surface area contributed by atoms with Crippen LogP contribution in [0.1, 0.15) is 61.9 Å². The average Bonchev–Trinajstić information content (AvgIpc) is 3.61. The summed E-state index contributed by atoms with van der Waals surface area (Å²) < 4.78 is 2.72. The van der Waals surface area contributed by atoms with E-state index in [1.165, 1.54) is 67.3 Å². The zero-order valence-corrected chi connectivity index (χ0v) is 22.5. The molecule has 190 valence electrons. The van der Waals surface area contributed by atoms with E-state index < -0.39 is 0 Å². The van der Waals surface area contributed by atoms with Gasteiger partial charge < -0.3 is 9.88 Å². The fourth-order valence-electron chi connectivity index (χ4n) is 8.52. The minimum Gasteiger partial charge on any atom is -0.364 e. The van der Waals surface area contributed by atoms with Gasteiger partial charge in [0, 0.05) is 33.2 Å². The van der Waals surface area contributed by atoms with Crippen LogP contribution in [0, 0.1) is 5.41 Å². The Hall–Kier alpha value is -4.04. The van der Waals surface area contributed by atoms with Gasteiger partial charge in [0.25, 0.3) is 0 Å². The normalized spacial score (nSPS) is 25.4. The van der Waals surface area contributed by atoms with Gasteiger partial charge in [0.2, 0.25) is 0 Å². The number of para-hydroxylation sites is 2. The predicted molar refractivity (Wildman–Crippen MR) is 162 cm³/mol. The maximum Gasteiger partial charge on any atom is 0.114 e. The van der Waals surface area contributed by atoms with Gasteiger partial charge in [-0.25, -0.2) is 0 Å².